The van der Waals surface area contributed by atoms with E-state index in [2.05, 4.69) is 5.32 Å². The number of furan rings is 1. The minimum absolute atomic E-state index is 0.0449. The van der Waals surface area contributed by atoms with E-state index < -0.39 is 10.0 Å². The summed E-state index contributed by atoms with van der Waals surface area (Å²) in [5, 5.41) is 2.93. The van der Waals surface area contributed by atoms with Crippen LogP contribution >= 0.6 is 11.6 Å². The second-order valence-electron chi connectivity index (χ2n) is 5.07. The van der Waals surface area contributed by atoms with Gasteiger partial charge in [0.15, 0.2) is 0 Å². The van der Waals surface area contributed by atoms with Crippen molar-refractivity contribution in [3.8, 4) is 0 Å². The summed E-state index contributed by atoms with van der Waals surface area (Å²) in [4.78, 5) is 12.0. The van der Waals surface area contributed by atoms with Crippen molar-refractivity contribution in [2.75, 3.05) is 18.8 Å². The van der Waals surface area contributed by atoms with Crippen molar-refractivity contribution in [1.82, 2.24) is 9.62 Å². The van der Waals surface area contributed by atoms with Gasteiger partial charge in [0.2, 0.25) is 15.2 Å². The standard InChI is InChI=1S/C13H19ClN2O4S/c1-2-9-21(18,19)16-6-3-10(4-7-16)15-13(17)11-5-8-20-12(11)14/h5,8,10H,2-4,6-7,9H2,1H3,(H,15,17). The molecule has 118 valence electrons. The van der Waals surface area contributed by atoms with E-state index >= 15 is 0 Å². The molecule has 21 heavy (non-hydrogen) atoms. The van der Waals surface area contributed by atoms with Gasteiger partial charge in [-0.05, 0) is 36.9 Å². The first-order chi connectivity index (χ1) is 9.94. The van der Waals surface area contributed by atoms with Crippen LogP contribution in [0, 0.1) is 0 Å². The number of carbonyl (C=O) groups excluding carboxylic acids is 1. The van der Waals surface area contributed by atoms with E-state index in [0.29, 0.717) is 37.9 Å². The van der Waals surface area contributed by atoms with Gasteiger partial charge in [-0.3, -0.25) is 4.79 Å². The summed E-state index contributed by atoms with van der Waals surface area (Å²) < 4.78 is 30.3. The molecule has 0 radical (unpaired) electrons. The molecule has 6 nitrogen and oxygen atoms in total. The number of amides is 1. The zero-order valence-electron chi connectivity index (χ0n) is 11.8. The third-order valence-corrected chi connectivity index (χ3v) is 5.88. The number of halogens is 1. The number of carbonyl (C=O) groups is 1. The third-order valence-electron chi connectivity index (χ3n) is 3.51. The maximum atomic E-state index is 12.0. The van der Waals surface area contributed by atoms with Gasteiger partial charge in [-0.25, -0.2) is 12.7 Å². The fraction of sp³-hybridized carbons (Fsp3) is 0.615. The number of piperidine rings is 1. The first-order valence-corrected chi connectivity index (χ1v) is 8.94. The molecule has 1 amide bonds. The molecule has 1 aromatic heterocycles. The van der Waals surface area contributed by atoms with Gasteiger partial charge in [0, 0.05) is 19.1 Å². The number of hydrogen-bond acceptors (Lipinski definition) is 4. The molecule has 1 aromatic rings. The van der Waals surface area contributed by atoms with E-state index in [-0.39, 0.29) is 22.9 Å². The predicted molar refractivity (Wildman–Crippen MR) is 79.9 cm³/mol. The lowest BCUT2D eigenvalue weighted by molar-refractivity contribution is 0.0923. The molecule has 1 aliphatic rings. The van der Waals surface area contributed by atoms with Gasteiger partial charge in [-0.15, -0.1) is 0 Å². The van der Waals surface area contributed by atoms with Crippen molar-refractivity contribution in [3.05, 3.63) is 23.1 Å². The predicted octanol–water partition coefficient (Wildman–Crippen LogP) is 1.87. The quantitative estimate of drug-likeness (QED) is 0.891. The van der Waals surface area contributed by atoms with E-state index in [1.54, 1.807) is 0 Å². The molecule has 0 spiro atoms. The van der Waals surface area contributed by atoms with Crippen LogP contribution in [-0.2, 0) is 10.0 Å². The zero-order valence-corrected chi connectivity index (χ0v) is 13.4. The van der Waals surface area contributed by atoms with Gasteiger partial charge in [0.05, 0.1) is 17.6 Å². The highest BCUT2D eigenvalue weighted by molar-refractivity contribution is 7.89. The molecule has 0 aliphatic carbocycles. The summed E-state index contributed by atoms with van der Waals surface area (Å²) in [7, 11) is -3.15. The van der Waals surface area contributed by atoms with Crippen molar-refractivity contribution in [1.29, 1.82) is 0 Å². The summed E-state index contributed by atoms with van der Waals surface area (Å²) in [5.41, 5.74) is 0.303. The molecule has 0 bridgehead atoms. The highest BCUT2D eigenvalue weighted by Gasteiger charge is 2.28. The molecule has 0 unspecified atom stereocenters. The Morgan fingerprint density at radius 1 is 1.48 bits per heavy atom. The summed E-state index contributed by atoms with van der Waals surface area (Å²) in [6, 6.07) is 1.47. The number of nitrogens with zero attached hydrogens (tertiary/aromatic N) is 1. The summed E-state index contributed by atoms with van der Waals surface area (Å²) in [6.07, 6.45) is 3.17. The fourth-order valence-corrected chi connectivity index (χ4v) is 4.13. The van der Waals surface area contributed by atoms with Gasteiger partial charge in [-0.1, -0.05) is 6.92 Å². The molecule has 1 aliphatic heterocycles. The average molecular weight is 335 g/mol. The summed E-state index contributed by atoms with van der Waals surface area (Å²) in [6.45, 7) is 2.72. The Bertz CT molecular complexity index is 591. The van der Waals surface area contributed by atoms with Crippen LogP contribution in [0.25, 0.3) is 0 Å². The van der Waals surface area contributed by atoms with Crippen molar-refractivity contribution >= 4 is 27.5 Å². The molecule has 2 heterocycles. The largest absolute Gasteiger partial charge is 0.452 e. The first-order valence-electron chi connectivity index (χ1n) is 6.95. The minimum Gasteiger partial charge on any atom is -0.452 e. The molecule has 0 saturated carbocycles. The average Bonchev–Trinajstić information content (AvgIpc) is 2.85. The molecular weight excluding hydrogens is 316 g/mol. The molecule has 0 atom stereocenters. The van der Waals surface area contributed by atoms with E-state index in [0.717, 1.165) is 0 Å². The molecule has 1 fully saturated rings. The van der Waals surface area contributed by atoms with Crippen LogP contribution in [0.5, 0.6) is 0 Å². The van der Waals surface area contributed by atoms with Crippen molar-refractivity contribution in [2.45, 2.75) is 32.2 Å². The van der Waals surface area contributed by atoms with Gasteiger partial charge < -0.3 is 9.73 Å². The summed E-state index contributed by atoms with van der Waals surface area (Å²) >= 11 is 5.76. The molecule has 1 saturated heterocycles. The van der Waals surface area contributed by atoms with Gasteiger partial charge in [0.1, 0.15) is 0 Å². The molecule has 8 heteroatoms. The Morgan fingerprint density at radius 3 is 2.67 bits per heavy atom. The van der Waals surface area contributed by atoms with Crippen molar-refractivity contribution in [2.24, 2.45) is 0 Å². The Kier molecular flexibility index (Phi) is 5.29. The van der Waals surface area contributed by atoms with Crippen LogP contribution in [0.4, 0.5) is 0 Å². The maximum absolute atomic E-state index is 12.0. The third kappa shape index (κ3) is 3.99. The second kappa shape index (κ2) is 6.81. The number of rotatable bonds is 5. The summed E-state index contributed by atoms with van der Waals surface area (Å²) in [5.74, 6) is -0.113. The number of nitrogens with one attached hydrogen (secondary N) is 1. The Balaban J connectivity index is 1.87. The van der Waals surface area contributed by atoms with Crippen LogP contribution in [0.3, 0.4) is 0 Å². The van der Waals surface area contributed by atoms with Crippen LogP contribution in [0.2, 0.25) is 5.22 Å². The van der Waals surface area contributed by atoms with E-state index in [9.17, 15) is 13.2 Å². The number of hydrogen-bond donors (Lipinski definition) is 1. The van der Waals surface area contributed by atoms with Crippen molar-refractivity contribution in [3.63, 3.8) is 0 Å². The Hall–Kier alpha value is -1.05. The van der Waals surface area contributed by atoms with Crippen LogP contribution in [-0.4, -0.2) is 43.5 Å². The highest BCUT2D eigenvalue weighted by Crippen LogP contribution is 2.19. The lowest BCUT2D eigenvalue weighted by Crippen LogP contribution is -2.47. The first kappa shape index (κ1) is 16.3. The van der Waals surface area contributed by atoms with Gasteiger partial charge in [0.25, 0.3) is 5.91 Å². The lowest BCUT2D eigenvalue weighted by Gasteiger charge is -2.31. The van der Waals surface area contributed by atoms with Crippen LogP contribution in [0.15, 0.2) is 16.7 Å². The van der Waals surface area contributed by atoms with E-state index in [1.807, 2.05) is 6.92 Å². The van der Waals surface area contributed by atoms with Crippen molar-refractivity contribution < 1.29 is 17.6 Å². The van der Waals surface area contributed by atoms with Crippen LogP contribution < -0.4 is 5.32 Å². The van der Waals surface area contributed by atoms with Gasteiger partial charge in [-0.2, -0.15) is 0 Å². The molecular formula is C13H19ClN2O4S. The second-order valence-corrected chi connectivity index (χ2v) is 7.50. The minimum atomic E-state index is -3.15. The van der Waals surface area contributed by atoms with Crippen LogP contribution in [0.1, 0.15) is 36.5 Å². The Morgan fingerprint density at radius 2 is 2.14 bits per heavy atom. The smallest absolute Gasteiger partial charge is 0.256 e. The maximum Gasteiger partial charge on any atom is 0.256 e. The molecule has 1 N–H and O–H groups in total. The lowest BCUT2D eigenvalue weighted by atomic mass is 10.1. The Labute approximate surface area is 129 Å². The molecule has 0 aromatic carbocycles. The number of sulfonamides is 1. The normalized spacial score (nSPS) is 17.8. The zero-order chi connectivity index (χ0) is 15.5. The SMILES string of the molecule is CCCS(=O)(=O)N1CCC(NC(=O)c2ccoc2Cl)CC1. The van der Waals surface area contributed by atoms with E-state index in [4.69, 9.17) is 16.0 Å². The molecule has 2 rings (SSSR count). The topological polar surface area (TPSA) is 79.6 Å². The van der Waals surface area contributed by atoms with Gasteiger partial charge >= 0.3 is 0 Å². The highest BCUT2D eigenvalue weighted by atomic mass is 35.5. The van der Waals surface area contributed by atoms with E-state index in [1.165, 1.54) is 16.6 Å². The monoisotopic (exact) mass is 334 g/mol. The fourth-order valence-electron chi connectivity index (χ4n) is 2.38.